The Morgan fingerprint density at radius 3 is 2.29 bits per heavy atom. The average Bonchev–Trinajstić information content (AvgIpc) is 2.68. The number of nitrogens with zero attached hydrogens (tertiary/aromatic N) is 3. The minimum atomic E-state index is 0.883. The molecule has 4 rings (SSSR count). The summed E-state index contributed by atoms with van der Waals surface area (Å²) in [4.78, 5) is 11.1. The number of aromatic nitrogens is 2. The van der Waals surface area contributed by atoms with Crippen molar-refractivity contribution in [3.05, 3.63) is 101 Å². The number of aryl methyl sites for hydroxylation is 3. The summed E-state index contributed by atoms with van der Waals surface area (Å²) in [6.07, 6.45) is 10.3. The van der Waals surface area contributed by atoms with Crippen LogP contribution >= 0.6 is 0 Å². The van der Waals surface area contributed by atoms with Gasteiger partial charge in [-0.25, -0.2) is 0 Å². The minimum Gasteiger partial charge on any atom is -0.363 e. The van der Waals surface area contributed by atoms with E-state index in [-0.39, 0.29) is 0 Å². The summed E-state index contributed by atoms with van der Waals surface area (Å²) >= 11 is 0. The van der Waals surface area contributed by atoms with Crippen LogP contribution in [-0.4, -0.2) is 21.4 Å². The summed E-state index contributed by atoms with van der Waals surface area (Å²) in [6, 6.07) is 15.2. The minimum absolute atomic E-state index is 0.883. The van der Waals surface area contributed by atoms with E-state index in [9.17, 15) is 0 Å². The molecule has 3 heterocycles. The molecule has 2 aromatic heterocycles. The van der Waals surface area contributed by atoms with Crippen molar-refractivity contribution in [2.24, 2.45) is 0 Å². The standard InChI is InChI=1S/C25H25N3/c1-18-14-21(7-8-24(18)22-9-11-26-19(2)15-22)17-28-13-5-4-6-25(28)23-10-12-27-20(3)16-23/h4-12,14-16H,13,17H2,1-3H3. The van der Waals surface area contributed by atoms with E-state index < -0.39 is 0 Å². The van der Waals surface area contributed by atoms with Crippen LogP contribution in [0.1, 0.15) is 28.1 Å². The third kappa shape index (κ3) is 3.89. The van der Waals surface area contributed by atoms with Crippen molar-refractivity contribution in [2.45, 2.75) is 27.3 Å². The van der Waals surface area contributed by atoms with E-state index in [0.717, 1.165) is 24.5 Å². The lowest BCUT2D eigenvalue weighted by molar-refractivity contribution is 0.428. The van der Waals surface area contributed by atoms with Gasteiger partial charge in [-0.3, -0.25) is 9.97 Å². The molecule has 0 radical (unpaired) electrons. The van der Waals surface area contributed by atoms with Crippen molar-refractivity contribution in [3.63, 3.8) is 0 Å². The zero-order valence-corrected chi connectivity index (χ0v) is 16.7. The lowest BCUT2D eigenvalue weighted by Gasteiger charge is -2.29. The molecule has 0 spiro atoms. The summed E-state index contributed by atoms with van der Waals surface area (Å²) in [7, 11) is 0. The number of pyridine rings is 2. The van der Waals surface area contributed by atoms with Crippen molar-refractivity contribution in [1.82, 2.24) is 14.9 Å². The second-order valence-corrected chi connectivity index (χ2v) is 7.38. The Morgan fingerprint density at radius 1 is 0.857 bits per heavy atom. The number of hydrogen-bond donors (Lipinski definition) is 0. The van der Waals surface area contributed by atoms with Gasteiger partial charge in [0, 0.05) is 48.1 Å². The van der Waals surface area contributed by atoms with E-state index in [0.29, 0.717) is 0 Å². The van der Waals surface area contributed by atoms with E-state index in [1.165, 1.54) is 33.5 Å². The average molecular weight is 367 g/mol. The number of benzene rings is 1. The largest absolute Gasteiger partial charge is 0.363 e. The van der Waals surface area contributed by atoms with Crippen LogP contribution in [0.5, 0.6) is 0 Å². The van der Waals surface area contributed by atoms with Crippen LogP contribution in [0.3, 0.4) is 0 Å². The number of hydrogen-bond acceptors (Lipinski definition) is 3. The van der Waals surface area contributed by atoms with Crippen molar-refractivity contribution in [3.8, 4) is 11.1 Å². The molecule has 0 fully saturated rings. The van der Waals surface area contributed by atoms with Gasteiger partial charge in [-0.1, -0.05) is 30.4 Å². The van der Waals surface area contributed by atoms with E-state index in [1.807, 2.05) is 26.2 Å². The van der Waals surface area contributed by atoms with Gasteiger partial charge in [0.1, 0.15) is 0 Å². The first-order valence-electron chi connectivity index (χ1n) is 9.67. The Kier molecular flexibility index (Phi) is 5.07. The van der Waals surface area contributed by atoms with E-state index in [4.69, 9.17) is 0 Å². The monoisotopic (exact) mass is 367 g/mol. The highest BCUT2D eigenvalue weighted by atomic mass is 15.1. The molecule has 3 nitrogen and oxygen atoms in total. The lowest BCUT2D eigenvalue weighted by Crippen LogP contribution is -2.23. The Bertz CT molecular complexity index is 1060. The van der Waals surface area contributed by atoms with Gasteiger partial charge in [-0.2, -0.15) is 0 Å². The SMILES string of the molecule is Cc1cc(C2=CC=CCN2Cc2ccc(-c3ccnc(C)c3)c(C)c2)ccn1. The van der Waals surface area contributed by atoms with Gasteiger partial charge in [0.15, 0.2) is 0 Å². The predicted octanol–water partition coefficient (Wildman–Crippen LogP) is 5.48. The highest BCUT2D eigenvalue weighted by Gasteiger charge is 2.14. The fraction of sp³-hybridized carbons (Fsp3) is 0.200. The Labute approximate surface area is 167 Å². The first kappa shape index (κ1) is 18.2. The molecule has 0 saturated heterocycles. The van der Waals surface area contributed by atoms with Gasteiger partial charge < -0.3 is 4.90 Å². The molecule has 1 aliphatic rings. The smallest absolute Gasteiger partial charge is 0.0446 e. The normalized spacial score (nSPS) is 13.5. The Morgan fingerprint density at radius 2 is 1.57 bits per heavy atom. The molecule has 3 heteroatoms. The molecule has 1 aliphatic heterocycles. The van der Waals surface area contributed by atoms with Crippen LogP contribution in [0, 0.1) is 20.8 Å². The van der Waals surface area contributed by atoms with Crippen molar-refractivity contribution >= 4 is 5.70 Å². The van der Waals surface area contributed by atoms with Crippen LogP contribution < -0.4 is 0 Å². The van der Waals surface area contributed by atoms with Gasteiger partial charge in [0.05, 0.1) is 0 Å². The third-order valence-corrected chi connectivity index (χ3v) is 5.12. The Balaban J connectivity index is 1.59. The van der Waals surface area contributed by atoms with Crippen molar-refractivity contribution in [1.29, 1.82) is 0 Å². The number of rotatable bonds is 4. The third-order valence-electron chi connectivity index (χ3n) is 5.12. The molecule has 0 bridgehead atoms. The molecule has 1 aromatic carbocycles. The maximum atomic E-state index is 4.33. The maximum absolute atomic E-state index is 4.33. The second kappa shape index (κ2) is 7.81. The molecule has 0 unspecified atom stereocenters. The van der Waals surface area contributed by atoms with Gasteiger partial charge >= 0.3 is 0 Å². The van der Waals surface area contributed by atoms with Crippen LogP contribution in [-0.2, 0) is 6.54 Å². The maximum Gasteiger partial charge on any atom is 0.0446 e. The highest BCUT2D eigenvalue weighted by Crippen LogP contribution is 2.28. The molecule has 3 aromatic rings. The fourth-order valence-electron chi connectivity index (χ4n) is 3.77. The van der Waals surface area contributed by atoms with Gasteiger partial charge in [0.2, 0.25) is 0 Å². The summed E-state index contributed by atoms with van der Waals surface area (Å²) in [5.74, 6) is 0. The van der Waals surface area contributed by atoms with Crippen molar-refractivity contribution in [2.75, 3.05) is 6.54 Å². The summed E-state index contributed by atoms with van der Waals surface area (Å²) in [6.45, 7) is 8.06. The molecular weight excluding hydrogens is 342 g/mol. The fourth-order valence-corrected chi connectivity index (χ4v) is 3.77. The molecule has 0 amide bonds. The Hall–Kier alpha value is -3.20. The first-order chi connectivity index (χ1) is 13.6. The van der Waals surface area contributed by atoms with Gasteiger partial charge in [0.25, 0.3) is 0 Å². The second-order valence-electron chi connectivity index (χ2n) is 7.38. The molecule has 140 valence electrons. The zero-order chi connectivity index (χ0) is 19.5. The van der Waals surface area contributed by atoms with Crippen LogP contribution in [0.4, 0.5) is 0 Å². The van der Waals surface area contributed by atoms with Crippen LogP contribution in [0.2, 0.25) is 0 Å². The van der Waals surface area contributed by atoms with Crippen molar-refractivity contribution < 1.29 is 0 Å². The van der Waals surface area contributed by atoms with Gasteiger partial charge in [-0.05, 0) is 73.4 Å². The van der Waals surface area contributed by atoms with E-state index in [2.05, 4.69) is 82.5 Å². The molecule has 0 saturated carbocycles. The molecule has 0 aliphatic carbocycles. The topological polar surface area (TPSA) is 29.0 Å². The van der Waals surface area contributed by atoms with E-state index in [1.54, 1.807) is 0 Å². The number of allylic oxidation sites excluding steroid dienone is 2. The molecular formula is C25H25N3. The first-order valence-corrected chi connectivity index (χ1v) is 9.67. The predicted molar refractivity (Wildman–Crippen MR) is 116 cm³/mol. The zero-order valence-electron chi connectivity index (χ0n) is 16.7. The molecule has 0 atom stereocenters. The quantitative estimate of drug-likeness (QED) is 0.611. The summed E-state index contributed by atoms with van der Waals surface area (Å²) < 4.78 is 0. The van der Waals surface area contributed by atoms with Crippen LogP contribution in [0.25, 0.3) is 16.8 Å². The van der Waals surface area contributed by atoms with Crippen LogP contribution in [0.15, 0.2) is 73.1 Å². The van der Waals surface area contributed by atoms with Gasteiger partial charge in [-0.15, -0.1) is 0 Å². The van der Waals surface area contributed by atoms with E-state index >= 15 is 0 Å². The lowest BCUT2D eigenvalue weighted by atomic mass is 9.98. The summed E-state index contributed by atoms with van der Waals surface area (Å²) in [5.41, 5.74) is 9.67. The highest BCUT2D eigenvalue weighted by molar-refractivity contribution is 5.69. The summed E-state index contributed by atoms with van der Waals surface area (Å²) in [5, 5.41) is 0. The molecule has 28 heavy (non-hydrogen) atoms. The molecule has 0 N–H and O–H groups in total.